The summed E-state index contributed by atoms with van der Waals surface area (Å²) in [6.07, 6.45) is 12.0. The van der Waals surface area contributed by atoms with Crippen LogP contribution in [0.3, 0.4) is 0 Å². The first kappa shape index (κ1) is 17.3. The summed E-state index contributed by atoms with van der Waals surface area (Å²) in [5.74, 6) is 1.04. The first-order valence-corrected chi connectivity index (χ1v) is 9.08. The van der Waals surface area contributed by atoms with Gasteiger partial charge in [0.05, 0.1) is 6.61 Å². The molecule has 1 fully saturated rings. The number of benzene rings is 1. The van der Waals surface area contributed by atoms with Crippen LogP contribution < -0.4 is 4.74 Å². The molecule has 2 rings (SSSR count). The van der Waals surface area contributed by atoms with Crippen molar-refractivity contribution in [3.8, 4) is 5.75 Å². The lowest BCUT2D eigenvalue weighted by molar-refractivity contribution is 0.201. The van der Waals surface area contributed by atoms with Crippen LogP contribution in [0.4, 0.5) is 0 Å². The molecule has 1 aromatic rings. The molecule has 2 nitrogen and oxygen atoms in total. The molecule has 1 aromatic carbocycles. The van der Waals surface area contributed by atoms with Gasteiger partial charge in [0.15, 0.2) is 0 Å². The first-order valence-electron chi connectivity index (χ1n) is 9.08. The minimum Gasteiger partial charge on any atom is -0.490 e. The third-order valence-corrected chi connectivity index (χ3v) is 4.44. The van der Waals surface area contributed by atoms with Gasteiger partial charge in [-0.1, -0.05) is 70.1 Å². The second-order valence-electron chi connectivity index (χ2n) is 6.86. The molecule has 22 heavy (non-hydrogen) atoms. The van der Waals surface area contributed by atoms with E-state index in [9.17, 15) is 0 Å². The Morgan fingerprint density at radius 3 is 2.32 bits per heavy atom. The molecule has 0 bridgehead atoms. The highest BCUT2D eigenvalue weighted by atomic mass is 16.6. The van der Waals surface area contributed by atoms with E-state index in [2.05, 4.69) is 38.1 Å². The summed E-state index contributed by atoms with van der Waals surface area (Å²) in [6, 6.07) is 8.46. The van der Waals surface area contributed by atoms with E-state index in [1.54, 1.807) is 0 Å². The standard InChI is InChI=1S/C20H32O2/c1-3-4-5-6-7-8-9-10-13-18-14-11-12-15-19(18)21-16-20(2)17-22-20/h11-12,14-15H,3-10,13,16-17H2,1-2H3. The zero-order valence-electron chi connectivity index (χ0n) is 14.4. The quantitative estimate of drug-likeness (QED) is 0.373. The number of epoxide rings is 1. The molecule has 1 unspecified atom stereocenters. The molecular formula is C20H32O2. The van der Waals surface area contributed by atoms with E-state index in [0.29, 0.717) is 6.61 Å². The number of unbranched alkanes of at least 4 members (excludes halogenated alkanes) is 7. The molecule has 0 saturated carbocycles. The number of hydrogen-bond acceptors (Lipinski definition) is 2. The van der Waals surface area contributed by atoms with Gasteiger partial charge in [-0.05, 0) is 31.4 Å². The summed E-state index contributed by atoms with van der Waals surface area (Å²) >= 11 is 0. The van der Waals surface area contributed by atoms with Crippen LogP contribution >= 0.6 is 0 Å². The van der Waals surface area contributed by atoms with Crippen molar-refractivity contribution in [1.29, 1.82) is 0 Å². The lowest BCUT2D eigenvalue weighted by Gasteiger charge is -2.13. The summed E-state index contributed by atoms with van der Waals surface area (Å²) in [7, 11) is 0. The predicted octanol–water partition coefficient (Wildman–Crippen LogP) is 5.54. The Labute approximate surface area is 136 Å². The largest absolute Gasteiger partial charge is 0.490 e. The highest BCUT2D eigenvalue weighted by Crippen LogP contribution is 2.28. The molecule has 0 radical (unpaired) electrons. The molecule has 0 amide bonds. The van der Waals surface area contributed by atoms with E-state index >= 15 is 0 Å². The van der Waals surface area contributed by atoms with Gasteiger partial charge >= 0.3 is 0 Å². The molecule has 1 aliphatic rings. The van der Waals surface area contributed by atoms with Crippen molar-refractivity contribution in [2.45, 2.75) is 77.2 Å². The lowest BCUT2D eigenvalue weighted by Crippen LogP contribution is -2.17. The van der Waals surface area contributed by atoms with E-state index in [0.717, 1.165) is 18.8 Å². The maximum absolute atomic E-state index is 5.96. The predicted molar refractivity (Wildman–Crippen MR) is 92.6 cm³/mol. The Hall–Kier alpha value is -1.02. The average Bonchev–Trinajstić information content (AvgIpc) is 3.27. The molecule has 1 heterocycles. The summed E-state index contributed by atoms with van der Waals surface area (Å²) in [5.41, 5.74) is 1.31. The van der Waals surface area contributed by atoms with E-state index < -0.39 is 0 Å². The summed E-state index contributed by atoms with van der Waals surface area (Å²) < 4.78 is 11.3. The van der Waals surface area contributed by atoms with Gasteiger partial charge in [0, 0.05) is 0 Å². The molecular weight excluding hydrogens is 272 g/mol. The normalized spacial score (nSPS) is 20.1. The summed E-state index contributed by atoms with van der Waals surface area (Å²) in [6.45, 7) is 5.87. The van der Waals surface area contributed by atoms with Crippen molar-refractivity contribution < 1.29 is 9.47 Å². The smallest absolute Gasteiger partial charge is 0.123 e. The SMILES string of the molecule is CCCCCCCCCCc1ccccc1OCC1(C)CO1. The Bertz CT molecular complexity index is 423. The van der Waals surface area contributed by atoms with Crippen LogP contribution in [0.25, 0.3) is 0 Å². The van der Waals surface area contributed by atoms with Crippen LogP contribution in [0.15, 0.2) is 24.3 Å². The lowest BCUT2D eigenvalue weighted by atomic mass is 10.0. The zero-order chi connectivity index (χ0) is 15.7. The van der Waals surface area contributed by atoms with Gasteiger partial charge in [-0.25, -0.2) is 0 Å². The topological polar surface area (TPSA) is 21.8 Å². The zero-order valence-corrected chi connectivity index (χ0v) is 14.4. The van der Waals surface area contributed by atoms with Crippen LogP contribution in [0.5, 0.6) is 5.75 Å². The maximum atomic E-state index is 5.96. The number of rotatable bonds is 12. The van der Waals surface area contributed by atoms with Crippen LogP contribution in [-0.4, -0.2) is 18.8 Å². The van der Waals surface area contributed by atoms with Crippen molar-refractivity contribution in [1.82, 2.24) is 0 Å². The number of ether oxygens (including phenoxy) is 2. The highest BCUT2D eigenvalue weighted by Gasteiger charge is 2.40. The second-order valence-corrected chi connectivity index (χ2v) is 6.86. The van der Waals surface area contributed by atoms with E-state index in [-0.39, 0.29) is 5.60 Å². The summed E-state index contributed by atoms with van der Waals surface area (Å²) in [5, 5.41) is 0. The van der Waals surface area contributed by atoms with Gasteiger partial charge in [-0.2, -0.15) is 0 Å². The van der Waals surface area contributed by atoms with Gasteiger partial charge in [0.1, 0.15) is 18.0 Å². The molecule has 0 spiro atoms. The third-order valence-electron chi connectivity index (χ3n) is 4.44. The average molecular weight is 304 g/mol. The van der Waals surface area contributed by atoms with Crippen LogP contribution in [0, 0.1) is 0 Å². The van der Waals surface area contributed by atoms with E-state index in [1.807, 2.05) is 0 Å². The molecule has 0 aliphatic carbocycles. The minimum atomic E-state index is -0.0361. The second kappa shape index (κ2) is 9.19. The van der Waals surface area contributed by atoms with Gasteiger partial charge in [0.25, 0.3) is 0 Å². The fraction of sp³-hybridized carbons (Fsp3) is 0.700. The van der Waals surface area contributed by atoms with Crippen molar-refractivity contribution in [2.75, 3.05) is 13.2 Å². The monoisotopic (exact) mass is 304 g/mol. The summed E-state index contributed by atoms with van der Waals surface area (Å²) in [4.78, 5) is 0. The van der Waals surface area contributed by atoms with Crippen LogP contribution in [0.1, 0.15) is 70.8 Å². The molecule has 2 heteroatoms. The molecule has 1 aliphatic heterocycles. The maximum Gasteiger partial charge on any atom is 0.123 e. The van der Waals surface area contributed by atoms with Crippen molar-refractivity contribution in [3.05, 3.63) is 29.8 Å². The number of aryl methyl sites for hydroxylation is 1. The minimum absolute atomic E-state index is 0.0361. The Morgan fingerprint density at radius 1 is 1.00 bits per heavy atom. The molecule has 0 aromatic heterocycles. The third kappa shape index (κ3) is 6.39. The van der Waals surface area contributed by atoms with Crippen molar-refractivity contribution in [3.63, 3.8) is 0 Å². The van der Waals surface area contributed by atoms with Gasteiger partial charge < -0.3 is 9.47 Å². The Balaban J connectivity index is 1.62. The van der Waals surface area contributed by atoms with Crippen molar-refractivity contribution in [2.24, 2.45) is 0 Å². The fourth-order valence-corrected chi connectivity index (χ4v) is 2.74. The Morgan fingerprint density at radius 2 is 1.64 bits per heavy atom. The molecule has 0 N–H and O–H groups in total. The van der Waals surface area contributed by atoms with Crippen LogP contribution in [0.2, 0.25) is 0 Å². The van der Waals surface area contributed by atoms with E-state index in [1.165, 1.54) is 56.9 Å². The van der Waals surface area contributed by atoms with Gasteiger partial charge in [-0.3, -0.25) is 0 Å². The number of para-hydroxylation sites is 1. The van der Waals surface area contributed by atoms with Gasteiger partial charge in [-0.15, -0.1) is 0 Å². The molecule has 1 saturated heterocycles. The first-order chi connectivity index (χ1) is 10.7. The van der Waals surface area contributed by atoms with E-state index in [4.69, 9.17) is 9.47 Å². The highest BCUT2D eigenvalue weighted by molar-refractivity contribution is 5.33. The molecule has 124 valence electrons. The van der Waals surface area contributed by atoms with Gasteiger partial charge in [0.2, 0.25) is 0 Å². The fourth-order valence-electron chi connectivity index (χ4n) is 2.74. The Kier molecular flexibility index (Phi) is 7.24. The van der Waals surface area contributed by atoms with Crippen LogP contribution in [-0.2, 0) is 11.2 Å². The van der Waals surface area contributed by atoms with Crippen molar-refractivity contribution >= 4 is 0 Å². The number of hydrogen-bond donors (Lipinski definition) is 0. The molecule has 1 atom stereocenters.